The minimum absolute atomic E-state index is 0.203. The maximum atomic E-state index is 6.40. The first-order valence-electron chi connectivity index (χ1n) is 6.07. The van der Waals surface area contributed by atoms with E-state index in [1.807, 2.05) is 11.8 Å². The van der Waals surface area contributed by atoms with Gasteiger partial charge in [-0.05, 0) is 49.5 Å². The van der Waals surface area contributed by atoms with Crippen LogP contribution < -0.4 is 5.73 Å². The molecule has 1 saturated carbocycles. The van der Waals surface area contributed by atoms with E-state index < -0.39 is 0 Å². The molecule has 0 aliphatic heterocycles. The van der Waals surface area contributed by atoms with Gasteiger partial charge in [-0.1, -0.05) is 20.3 Å². The molecule has 0 saturated heterocycles. The summed E-state index contributed by atoms with van der Waals surface area (Å²) in [5.41, 5.74) is 6.60. The molecule has 1 aliphatic carbocycles. The molecule has 0 radical (unpaired) electrons. The summed E-state index contributed by atoms with van der Waals surface area (Å²) in [6.07, 6.45) is 7.79. The number of thioether (sulfide) groups is 1. The van der Waals surface area contributed by atoms with Crippen LogP contribution in [-0.4, -0.2) is 17.0 Å². The molecule has 1 rings (SSSR count). The Hall–Kier alpha value is 0.310. The van der Waals surface area contributed by atoms with Gasteiger partial charge in [0.15, 0.2) is 0 Å². The van der Waals surface area contributed by atoms with Gasteiger partial charge >= 0.3 is 0 Å². The maximum Gasteiger partial charge on any atom is 0.0157 e. The van der Waals surface area contributed by atoms with E-state index in [2.05, 4.69) is 13.8 Å². The lowest BCUT2D eigenvalue weighted by Gasteiger charge is -2.24. The van der Waals surface area contributed by atoms with E-state index in [0.717, 1.165) is 5.92 Å². The van der Waals surface area contributed by atoms with Crippen LogP contribution in [0, 0.1) is 5.92 Å². The van der Waals surface area contributed by atoms with Crippen molar-refractivity contribution in [2.45, 2.75) is 57.9 Å². The van der Waals surface area contributed by atoms with E-state index in [0.29, 0.717) is 0 Å². The van der Waals surface area contributed by atoms with Crippen molar-refractivity contribution in [3.8, 4) is 0 Å². The molecule has 0 amide bonds. The predicted octanol–water partition coefficient (Wildman–Crippen LogP) is 3.43. The molecule has 1 nitrogen and oxygen atoms in total. The Morgan fingerprint density at radius 1 is 1.43 bits per heavy atom. The zero-order chi connectivity index (χ0) is 10.4. The minimum Gasteiger partial charge on any atom is -0.325 e. The van der Waals surface area contributed by atoms with Crippen LogP contribution in [0.25, 0.3) is 0 Å². The zero-order valence-corrected chi connectivity index (χ0v) is 10.5. The van der Waals surface area contributed by atoms with E-state index in [1.54, 1.807) is 0 Å². The van der Waals surface area contributed by atoms with Gasteiger partial charge in [0.05, 0.1) is 0 Å². The van der Waals surface area contributed by atoms with Crippen LogP contribution in [0.15, 0.2) is 0 Å². The van der Waals surface area contributed by atoms with Crippen molar-refractivity contribution >= 4 is 11.8 Å². The van der Waals surface area contributed by atoms with Gasteiger partial charge in [-0.2, -0.15) is 11.8 Å². The summed E-state index contributed by atoms with van der Waals surface area (Å²) in [5.74, 6) is 3.46. The molecule has 84 valence electrons. The van der Waals surface area contributed by atoms with Crippen molar-refractivity contribution in [1.82, 2.24) is 0 Å². The monoisotopic (exact) mass is 215 g/mol. The fraction of sp³-hybridized carbons (Fsp3) is 1.00. The van der Waals surface area contributed by atoms with Crippen molar-refractivity contribution < 1.29 is 0 Å². The highest BCUT2D eigenvalue weighted by molar-refractivity contribution is 7.99. The van der Waals surface area contributed by atoms with Crippen molar-refractivity contribution in [2.24, 2.45) is 11.7 Å². The average Bonchev–Trinajstić information content (AvgIpc) is 2.56. The van der Waals surface area contributed by atoms with Crippen molar-refractivity contribution in [2.75, 3.05) is 11.5 Å². The molecule has 0 aromatic heterocycles. The fourth-order valence-electron chi connectivity index (χ4n) is 2.52. The molecule has 2 N–H and O–H groups in total. The minimum atomic E-state index is 0.203. The Bertz CT molecular complexity index is 160. The lowest BCUT2D eigenvalue weighted by molar-refractivity contribution is 0.380. The molecule has 0 heterocycles. The summed E-state index contributed by atoms with van der Waals surface area (Å²) in [6.45, 7) is 4.52. The van der Waals surface area contributed by atoms with Gasteiger partial charge in [-0.25, -0.2) is 0 Å². The van der Waals surface area contributed by atoms with Gasteiger partial charge in [-0.3, -0.25) is 0 Å². The van der Waals surface area contributed by atoms with Gasteiger partial charge < -0.3 is 5.73 Å². The second kappa shape index (κ2) is 6.02. The van der Waals surface area contributed by atoms with Crippen molar-refractivity contribution in [3.05, 3.63) is 0 Å². The Balaban J connectivity index is 2.16. The third kappa shape index (κ3) is 3.82. The Kier molecular flexibility index (Phi) is 5.32. The quantitative estimate of drug-likeness (QED) is 0.687. The summed E-state index contributed by atoms with van der Waals surface area (Å²) in [4.78, 5) is 0. The van der Waals surface area contributed by atoms with E-state index in [4.69, 9.17) is 5.73 Å². The number of hydrogen-bond donors (Lipinski definition) is 1. The van der Waals surface area contributed by atoms with Crippen LogP contribution in [-0.2, 0) is 0 Å². The van der Waals surface area contributed by atoms with Crippen LogP contribution in [0.4, 0.5) is 0 Å². The first-order valence-corrected chi connectivity index (χ1v) is 7.22. The number of rotatable bonds is 6. The lowest BCUT2D eigenvalue weighted by atomic mass is 9.91. The zero-order valence-electron chi connectivity index (χ0n) is 9.72. The molecular formula is C12H25NS. The topological polar surface area (TPSA) is 26.0 Å². The van der Waals surface area contributed by atoms with Crippen molar-refractivity contribution in [1.29, 1.82) is 0 Å². The summed E-state index contributed by atoms with van der Waals surface area (Å²) in [5, 5.41) is 0. The maximum absolute atomic E-state index is 6.40. The molecule has 1 fully saturated rings. The van der Waals surface area contributed by atoms with E-state index >= 15 is 0 Å². The predicted molar refractivity (Wildman–Crippen MR) is 66.8 cm³/mol. The molecule has 14 heavy (non-hydrogen) atoms. The Morgan fingerprint density at radius 3 is 2.79 bits per heavy atom. The largest absolute Gasteiger partial charge is 0.325 e. The van der Waals surface area contributed by atoms with Gasteiger partial charge in [0.1, 0.15) is 0 Å². The first-order chi connectivity index (χ1) is 6.70. The molecule has 2 heteroatoms. The average molecular weight is 215 g/mol. The molecule has 0 bridgehead atoms. The van der Waals surface area contributed by atoms with Crippen LogP contribution in [0.3, 0.4) is 0 Å². The third-order valence-electron chi connectivity index (χ3n) is 3.49. The summed E-state index contributed by atoms with van der Waals surface area (Å²) >= 11 is 2.04. The van der Waals surface area contributed by atoms with Crippen LogP contribution in [0.5, 0.6) is 0 Å². The highest BCUT2D eigenvalue weighted by Gasteiger charge is 2.33. The van der Waals surface area contributed by atoms with Gasteiger partial charge in [0.25, 0.3) is 0 Å². The van der Waals surface area contributed by atoms with Crippen LogP contribution >= 0.6 is 11.8 Å². The first kappa shape index (κ1) is 12.4. The summed E-state index contributed by atoms with van der Waals surface area (Å²) in [6, 6.07) is 0. The lowest BCUT2D eigenvalue weighted by Crippen LogP contribution is -2.36. The molecule has 2 atom stereocenters. The van der Waals surface area contributed by atoms with E-state index in [-0.39, 0.29) is 5.54 Å². The molecule has 0 aromatic carbocycles. The molecule has 0 spiro atoms. The van der Waals surface area contributed by atoms with Crippen molar-refractivity contribution in [3.63, 3.8) is 0 Å². The smallest absolute Gasteiger partial charge is 0.0157 e. The number of hydrogen-bond acceptors (Lipinski definition) is 2. The molecular weight excluding hydrogens is 190 g/mol. The Labute approximate surface area is 93.2 Å². The summed E-state index contributed by atoms with van der Waals surface area (Å²) < 4.78 is 0. The van der Waals surface area contributed by atoms with E-state index in [1.165, 1.54) is 50.0 Å². The Morgan fingerprint density at radius 2 is 2.21 bits per heavy atom. The SMILES string of the molecule is CCSCCCC1(N)CCC(CC)C1. The highest BCUT2D eigenvalue weighted by atomic mass is 32.2. The second-order valence-electron chi connectivity index (χ2n) is 4.68. The van der Waals surface area contributed by atoms with Gasteiger partial charge in [0, 0.05) is 5.54 Å². The molecule has 1 aliphatic rings. The summed E-state index contributed by atoms with van der Waals surface area (Å²) in [7, 11) is 0. The van der Waals surface area contributed by atoms with Gasteiger partial charge in [0.2, 0.25) is 0 Å². The third-order valence-corrected chi connectivity index (χ3v) is 4.48. The van der Waals surface area contributed by atoms with Crippen LogP contribution in [0.2, 0.25) is 0 Å². The molecule has 2 unspecified atom stereocenters. The number of nitrogens with two attached hydrogens (primary N) is 1. The van der Waals surface area contributed by atoms with Crippen LogP contribution in [0.1, 0.15) is 52.4 Å². The van der Waals surface area contributed by atoms with E-state index in [9.17, 15) is 0 Å². The standard InChI is InChI=1S/C12H25NS/c1-3-11-6-8-12(13,10-11)7-5-9-14-4-2/h11H,3-10,13H2,1-2H3. The fourth-order valence-corrected chi connectivity index (χ4v) is 3.15. The molecule has 0 aromatic rings. The highest BCUT2D eigenvalue weighted by Crippen LogP contribution is 2.37. The second-order valence-corrected chi connectivity index (χ2v) is 6.07. The van der Waals surface area contributed by atoms with Gasteiger partial charge in [-0.15, -0.1) is 0 Å². The normalized spacial score (nSPS) is 32.4.